The van der Waals surface area contributed by atoms with Crippen molar-refractivity contribution in [1.82, 2.24) is 5.32 Å². The molecule has 0 bridgehead atoms. The molecule has 0 saturated carbocycles. The second-order valence-electron chi connectivity index (χ2n) is 6.30. The van der Waals surface area contributed by atoms with E-state index in [4.69, 9.17) is 16.3 Å². The van der Waals surface area contributed by atoms with E-state index in [1.165, 1.54) is 7.11 Å². The summed E-state index contributed by atoms with van der Waals surface area (Å²) in [5.41, 5.74) is 3.43. The first-order valence-electron chi connectivity index (χ1n) is 8.86. The molecule has 3 rings (SSSR count). The van der Waals surface area contributed by atoms with E-state index in [9.17, 15) is 9.59 Å². The zero-order valence-electron chi connectivity index (χ0n) is 15.4. The third-order valence-corrected chi connectivity index (χ3v) is 4.74. The van der Waals surface area contributed by atoms with E-state index in [1.807, 2.05) is 54.6 Å². The number of ether oxygens (including phenoxy) is 1. The number of hydrogen-bond acceptors (Lipinski definition) is 3. The Hall–Kier alpha value is -3.11. The molecule has 0 heterocycles. The summed E-state index contributed by atoms with van der Waals surface area (Å²) in [6.07, 6.45) is 0.317. The van der Waals surface area contributed by atoms with E-state index in [2.05, 4.69) is 5.32 Å². The normalized spacial score (nSPS) is 11.5. The monoisotopic (exact) mass is 393 g/mol. The Kier molecular flexibility index (Phi) is 6.45. The van der Waals surface area contributed by atoms with Crippen molar-refractivity contribution in [3.05, 3.63) is 95.0 Å². The quantitative estimate of drug-likeness (QED) is 0.626. The Morgan fingerprint density at radius 1 is 0.893 bits per heavy atom. The predicted octanol–water partition coefficient (Wildman–Crippen LogP) is 4.52. The molecule has 0 radical (unpaired) electrons. The molecule has 1 N–H and O–H groups in total. The van der Waals surface area contributed by atoms with Crippen LogP contribution in [0.2, 0.25) is 5.02 Å². The molecule has 3 aromatic rings. The van der Waals surface area contributed by atoms with Crippen LogP contribution in [0.4, 0.5) is 0 Å². The van der Waals surface area contributed by atoms with Crippen LogP contribution >= 0.6 is 11.6 Å². The van der Waals surface area contributed by atoms with Crippen molar-refractivity contribution >= 4 is 23.5 Å². The highest BCUT2D eigenvalue weighted by molar-refractivity contribution is 6.33. The van der Waals surface area contributed by atoms with Crippen molar-refractivity contribution < 1.29 is 14.3 Å². The number of esters is 1. The van der Waals surface area contributed by atoms with Gasteiger partial charge in [0.1, 0.15) is 6.04 Å². The zero-order chi connectivity index (χ0) is 19.9. The number of carbonyl (C=O) groups excluding carboxylic acids is 2. The maximum absolute atomic E-state index is 12.5. The zero-order valence-corrected chi connectivity index (χ0v) is 16.1. The van der Waals surface area contributed by atoms with Crippen LogP contribution in [0.15, 0.2) is 78.9 Å². The van der Waals surface area contributed by atoms with Gasteiger partial charge in [0.2, 0.25) is 0 Å². The molecule has 1 atom stereocenters. The molecule has 0 spiro atoms. The minimum atomic E-state index is -0.809. The van der Waals surface area contributed by atoms with E-state index < -0.39 is 17.9 Å². The first kappa shape index (κ1) is 19.6. The lowest BCUT2D eigenvalue weighted by atomic mass is 10.0. The van der Waals surface area contributed by atoms with Gasteiger partial charge in [-0.15, -0.1) is 0 Å². The number of benzene rings is 3. The molecule has 0 saturated heterocycles. The molecule has 0 aliphatic carbocycles. The lowest BCUT2D eigenvalue weighted by Gasteiger charge is -2.17. The number of hydrogen-bond donors (Lipinski definition) is 1. The van der Waals surface area contributed by atoms with Crippen LogP contribution in [0.5, 0.6) is 0 Å². The second-order valence-corrected chi connectivity index (χ2v) is 6.70. The number of rotatable bonds is 6. The Labute approximate surface area is 169 Å². The summed E-state index contributed by atoms with van der Waals surface area (Å²) in [5.74, 6) is -0.922. The van der Waals surface area contributed by atoms with Crippen LogP contribution in [0, 0.1) is 0 Å². The van der Waals surface area contributed by atoms with Crippen LogP contribution in [-0.2, 0) is 16.0 Å². The first-order chi connectivity index (χ1) is 13.6. The van der Waals surface area contributed by atoms with E-state index >= 15 is 0 Å². The molecule has 5 heteroatoms. The van der Waals surface area contributed by atoms with Crippen LogP contribution in [0.1, 0.15) is 15.9 Å². The Bertz CT molecular complexity index is 955. The van der Waals surface area contributed by atoms with Crippen molar-refractivity contribution in [3.8, 4) is 11.1 Å². The van der Waals surface area contributed by atoms with E-state index in [1.54, 1.807) is 24.3 Å². The summed E-state index contributed by atoms with van der Waals surface area (Å²) in [4.78, 5) is 24.7. The largest absolute Gasteiger partial charge is 0.467 e. The number of halogens is 1. The summed E-state index contributed by atoms with van der Waals surface area (Å²) in [7, 11) is 1.30. The lowest BCUT2D eigenvalue weighted by molar-refractivity contribution is -0.142. The van der Waals surface area contributed by atoms with Gasteiger partial charge in [-0.25, -0.2) is 4.79 Å². The summed E-state index contributed by atoms with van der Waals surface area (Å²) in [5, 5.41) is 3.05. The van der Waals surface area contributed by atoms with E-state index in [0.717, 1.165) is 16.7 Å². The maximum Gasteiger partial charge on any atom is 0.328 e. The van der Waals surface area contributed by atoms with Gasteiger partial charge >= 0.3 is 5.97 Å². The molecule has 3 aromatic carbocycles. The Balaban J connectivity index is 1.75. The van der Waals surface area contributed by atoms with Gasteiger partial charge in [0.05, 0.1) is 17.7 Å². The number of carbonyl (C=O) groups is 2. The highest BCUT2D eigenvalue weighted by Gasteiger charge is 2.23. The highest BCUT2D eigenvalue weighted by Crippen LogP contribution is 2.20. The standard InChI is InChI=1S/C23H20ClNO3/c1-28-23(27)21(25-22(26)19-9-5-6-10-20(19)24)15-16-11-13-18(14-12-16)17-7-3-2-4-8-17/h2-14,21H,15H2,1H3,(H,25,26)/t21-/m1/s1. The van der Waals surface area contributed by atoms with Gasteiger partial charge in [-0.2, -0.15) is 0 Å². The fraction of sp³-hybridized carbons (Fsp3) is 0.130. The number of amides is 1. The van der Waals surface area contributed by atoms with Crippen LogP contribution in [-0.4, -0.2) is 25.0 Å². The smallest absolute Gasteiger partial charge is 0.328 e. The van der Waals surface area contributed by atoms with Gasteiger partial charge in [0.25, 0.3) is 5.91 Å². The molecule has 0 fully saturated rings. The maximum atomic E-state index is 12.5. The summed E-state index contributed by atoms with van der Waals surface area (Å²) in [6.45, 7) is 0. The second kappa shape index (κ2) is 9.20. The van der Waals surface area contributed by atoms with Gasteiger partial charge < -0.3 is 10.1 Å². The van der Waals surface area contributed by atoms with Crippen molar-refractivity contribution in [2.75, 3.05) is 7.11 Å². The first-order valence-corrected chi connectivity index (χ1v) is 9.24. The van der Waals surface area contributed by atoms with Gasteiger partial charge in [0.15, 0.2) is 0 Å². The molecule has 0 aromatic heterocycles. The molecule has 0 aliphatic rings. The predicted molar refractivity (Wildman–Crippen MR) is 110 cm³/mol. The average molecular weight is 394 g/mol. The van der Waals surface area contributed by atoms with Crippen LogP contribution in [0.3, 0.4) is 0 Å². The average Bonchev–Trinajstić information content (AvgIpc) is 2.74. The van der Waals surface area contributed by atoms with Crippen molar-refractivity contribution in [2.45, 2.75) is 12.5 Å². The lowest BCUT2D eigenvalue weighted by Crippen LogP contribution is -2.43. The third-order valence-electron chi connectivity index (χ3n) is 4.41. The van der Waals surface area contributed by atoms with Crippen LogP contribution in [0.25, 0.3) is 11.1 Å². The van der Waals surface area contributed by atoms with E-state index in [0.29, 0.717) is 17.0 Å². The fourth-order valence-electron chi connectivity index (χ4n) is 2.92. The SMILES string of the molecule is COC(=O)[C@@H](Cc1ccc(-c2ccccc2)cc1)NC(=O)c1ccccc1Cl. The van der Waals surface area contributed by atoms with Gasteiger partial charge in [-0.3, -0.25) is 4.79 Å². The molecule has 0 unspecified atom stereocenters. The Morgan fingerprint density at radius 3 is 2.14 bits per heavy atom. The Morgan fingerprint density at radius 2 is 1.50 bits per heavy atom. The fourth-order valence-corrected chi connectivity index (χ4v) is 3.14. The molecule has 28 heavy (non-hydrogen) atoms. The number of nitrogens with one attached hydrogen (secondary N) is 1. The molecule has 1 amide bonds. The minimum absolute atomic E-state index is 0.317. The molecular formula is C23H20ClNO3. The molecule has 4 nitrogen and oxygen atoms in total. The summed E-state index contributed by atoms with van der Waals surface area (Å²) in [6, 6.07) is 23.8. The van der Waals surface area contributed by atoms with Gasteiger partial charge in [0, 0.05) is 6.42 Å². The third kappa shape index (κ3) is 4.78. The molecular weight excluding hydrogens is 374 g/mol. The molecule has 0 aliphatic heterocycles. The van der Waals surface area contributed by atoms with Crippen molar-refractivity contribution in [2.24, 2.45) is 0 Å². The van der Waals surface area contributed by atoms with Gasteiger partial charge in [-0.1, -0.05) is 78.3 Å². The van der Waals surface area contributed by atoms with Crippen molar-refractivity contribution in [3.63, 3.8) is 0 Å². The molecule has 142 valence electrons. The van der Waals surface area contributed by atoms with Crippen molar-refractivity contribution in [1.29, 1.82) is 0 Å². The summed E-state index contributed by atoms with van der Waals surface area (Å²) < 4.78 is 4.86. The summed E-state index contributed by atoms with van der Waals surface area (Å²) >= 11 is 6.07. The van der Waals surface area contributed by atoms with Crippen LogP contribution < -0.4 is 5.32 Å². The number of methoxy groups -OCH3 is 1. The van der Waals surface area contributed by atoms with Gasteiger partial charge in [-0.05, 0) is 28.8 Å². The topological polar surface area (TPSA) is 55.4 Å². The van der Waals surface area contributed by atoms with E-state index in [-0.39, 0.29) is 0 Å². The minimum Gasteiger partial charge on any atom is -0.467 e. The highest BCUT2D eigenvalue weighted by atomic mass is 35.5.